The standard InChI is InChI=1S/C15H16FNO3/c1-18-11-5-3-10(4-6-11)9-20-14-8-15(19-2)13(17)7-12(14)16/h3-8H,9,17H2,1-2H3. The third-order valence-electron chi connectivity index (χ3n) is 2.84. The second-order valence-corrected chi connectivity index (χ2v) is 4.16. The number of nitrogens with two attached hydrogens (primary N) is 1. The first-order valence-corrected chi connectivity index (χ1v) is 6.02. The van der Waals surface area contributed by atoms with E-state index >= 15 is 0 Å². The molecule has 2 aromatic carbocycles. The summed E-state index contributed by atoms with van der Waals surface area (Å²) < 4.78 is 29.2. The highest BCUT2D eigenvalue weighted by atomic mass is 19.1. The zero-order valence-electron chi connectivity index (χ0n) is 11.4. The van der Waals surface area contributed by atoms with Crippen LogP contribution in [0.15, 0.2) is 36.4 Å². The van der Waals surface area contributed by atoms with Gasteiger partial charge in [0.1, 0.15) is 18.1 Å². The van der Waals surface area contributed by atoms with E-state index in [0.29, 0.717) is 5.75 Å². The predicted molar refractivity (Wildman–Crippen MR) is 74.7 cm³/mol. The molecule has 0 saturated heterocycles. The number of benzene rings is 2. The number of hydrogen-bond acceptors (Lipinski definition) is 4. The number of methoxy groups -OCH3 is 2. The van der Waals surface area contributed by atoms with Crippen molar-refractivity contribution in [2.24, 2.45) is 0 Å². The molecule has 0 aromatic heterocycles. The number of rotatable bonds is 5. The van der Waals surface area contributed by atoms with E-state index in [1.807, 2.05) is 24.3 Å². The van der Waals surface area contributed by atoms with Gasteiger partial charge in [-0.3, -0.25) is 0 Å². The minimum absolute atomic E-state index is 0.104. The van der Waals surface area contributed by atoms with Crippen molar-refractivity contribution in [3.05, 3.63) is 47.8 Å². The fourth-order valence-corrected chi connectivity index (χ4v) is 1.72. The molecule has 0 saturated carbocycles. The fourth-order valence-electron chi connectivity index (χ4n) is 1.72. The summed E-state index contributed by atoms with van der Waals surface area (Å²) in [7, 11) is 3.07. The summed E-state index contributed by atoms with van der Waals surface area (Å²) in [6, 6.07) is 9.96. The van der Waals surface area contributed by atoms with Gasteiger partial charge in [-0.15, -0.1) is 0 Å². The molecule has 5 heteroatoms. The van der Waals surface area contributed by atoms with E-state index < -0.39 is 5.82 Å². The number of halogens is 1. The third kappa shape index (κ3) is 3.12. The van der Waals surface area contributed by atoms with Gasteiger partial charge >= 0.3 is 0 Å². The van der Waals surface area contributed by atoms with Crippen LogP contribution in [0.25, 0.3) is 0 Å². The Morgan fingerprint density at radius 1 is 1.00 bits per heavy atom. The Morgan fingerprint density at radius 3 is 2.30 bits per heavy atom. The third-order valence-corrected chi connectivity index (χ3v) is 2.84. The molecule has 20 heavy (non-hydrogen) atoms. The average molecular weight is 277 g/mol. The molecule has 0 heterocycles. The van der Waals surface area contributed by atoms with Gasteiger partial charge in [-0.2, -0.15) is 0 Å². The van der Waals surface area contributed by atoms with E-state index in [2.05, 4.69) is 0 Å². The van der Waals surface area contributed by atoms with E-state index in [-0.39, 0.29) is 18.0 Å². The molecule has 2 N–H and O–H groups in total. The molecule has 0 aliphatic heterocycles. The van der Waals surface area contributed by atoms with Crippen LogP contribution in [0, 0.1) is 5.82 Å². The van der Waals surface area contributed by atoms with E-state index in [9.17, 15) is 4.39 Å². The van der Waals surface area contributed by atoms with Gasteiger partial charge in [0.25, 0.3) is 0 Å². The second-order valence-electron chi connectivity index (χ2n) is 4.16. The average Bonchev–Trinajstić information content (AvgIpc) is 2.47. The first kappa shape index (κ1) is 14.0. The molecule has 0 aliphatic carbocycles. The minimum Gasteiger partial charge on any atom is -0.497 e. The van der Waals surface area contributed by atoms with Crippen LogP contribution >= 0.6 is 0 Å². The van der Waals surface area contributed by atoms with Gasteiger partial charge in [0.2, 0.25) is 0 Å². The van der Waals surface area contributed by atoms with Crippen molar-refractivity contribution in [1.82, 2.24) is 0 Å². The molecule has 2 aromatic rings. The van der Waals surface area contributed by atoms with Crippen LogP contribution in [0.4, 0.5) is 10.1 Å². The van der Waals surface area contributed by atoms with Gasteiger partial charge in [-0.1, -0.05) is 12.1 Å². The molecule has 0 fully saturated rings. The van der Waals surface area contributed by atoms with Crippen molar-refractivity contribution in [3.63, 3.8) is 0 Å². The molecule has 0 aliphatic rings. The molecule has 0 spiro atoms. The first-order chi connectivity index (χ1) is 9.63. The quantitative estimate of drug-likeness (QED) is 0.854. The van der Waals surface area contributed by atoms with E-state index in [1.54, 1.807) is 7.11 Å². The summed E-state index contributed by atoms with van der Waals surface area (Å²) in [5, 5.41) is 0. The SMILES string of the molecule is COc1ccc(COc2cc(OC)c(N)cc2F)cc1. The molecule has 106 valence electrons. The lowest BCUT2D eigenvalue weighted by Crippen LogP contribution is -2.00. The number of anilines is 1. The number of nitrogen functional groups attached to an aromatic ring is 1. The Hall–Kier alpha value is -2.43. The molecular formula is C15H16FNO3. The lowest BCUT2D eigenvalue weighted by molar-refractivity contribution is 0.287. The first-order valence-electron chi connectivity index (χ1n) is 6.02. The van der Waals surface area contributed by atoms with Crippen LogP contribution in [-0.2, 0) is 6.61 Å². The lowest BCUT2D eigenvalue weighted by atomic mass is 10.2. The highest BCUT2D eigenvalue weighted by molar-refractivity contribution is 5.56. The Morgan fingerprint density at radius 2 is 1.70 bits per heavy atom. The van der Waals surface area contributed by atoms with Gasteiger partial charge in [-0.25, -0.2) is 4.39 Å². The van der Waals surface area contributed by atoms with Gasteiger partial charge < -0.3 is 19.9 Å². The molecule has 0 amide bonds. The Bertz CT molecular complexity index is 584. The molecule has 0 unspecified atom stereocenters. The highest BCUT2D eigenvalue weighted by Gasteiger charge is 2.09. The highest BCUT2D eigenvalue weighted by Crippen LogP contribution is 2.30. The van der Waals surface area contributed by atoms with E-state index in [1.165, 1.54) is 19.2 Å². The van der Waals surface area contributed by atoms with Crippen LogP contribution in [0.2, 0.25) is 0 Å². The largest absolute Gasteiger partial charge is 0.497 e. The van der Waals surface area contributed by atoms with Crippen molar-refractivity contribution in [2.45, 2.75) is 6.61 Å². The molecule has 0 radical (unpaired) electrons. The van der Waals surface area contributed by atoms with Crippen molar-refractivity contribution >= 4 is 5.69 Å². The van der Waals surface area contributed by atoms with Crippen LogP contribution in [0.1, 0.15) is 5.56 Å². The summed E-state index contributed by atoms with van der Waals surface area (Å²) in [5.74, 6) is 0.730. The summed E-state index contributed by atoms with van der Waals surface area (Å²) in [6.45, 7) is 0.244. The number of ether oxygens (including phenoxy) is 3. The molecule has 4 nitrogen and oxygen atoms in total. The van der Waals surface area contributed by atoms with Gasteiger partial charge in [0, 0.05) is 12.1 Å². The van der Waals surface area contributed by atoms with Gasteiger partial charge in [-0.05, 0) is 17.7 Å². The van der Waals surface area contributed by atoms with Crippen molar-refractivity contribution in [3.8, 4) is 17.2 Å². The van der Waals surface area contributed by atoms with E-state index in [0.717, 1.165) is 11.3 Å². The maximum Gasteiger partial charge on any atom is 0.167 e. The summed E-state index contributed by atoms with van der Waals surface area (Å²) >= 11 is 0. The predicted octanol–water partition coefficient (Wildman–Crippen LogP) is 3.00. The Labute approximate surface area is 116 Å². The Kier molecular flexibility index (Phi) is 4.30. The van der Waals surface area contributed by atoms with Crippen LogP contribution in [0.5, 0.6) is 17.2 Å². The molecule has 2 rings (SSSR count). The molecule has 0 bridgehead atoms. The van der Waals surface area contributed by atoms with Gasteiger partial charge in [0.05, 0.1) is 19.9 Å². The van der Waals surface area contributed by atoms with Gasteiger partial charge in [0.15, 0.2) is 11.6 Å². The van der Waals surface area contributed by atoms with E-state index in [4.69, 9.17) is 19.9 Å². The summed E-state index contributed by atoms with van der Waals surface area (Å²) in [6.07, 6.45) is 0. The van der Waals surface area contributed by atoms with Crippen LogP contribution in [0.3, 0.4) is 0 Å². The van der Waals surface area contributed by atoms with Crippen molar-refractivity contribution in [1.29, 1.82) is 0 Å². The van der Waals surface area contributed by atoms with Crippen molar-refractivity contribution < 1.29 is 18.6 Å². The second kappa shape index (κ2) is 6.14. The fraction of sp³-hybridized carbons (Fsp3) is 0.200. The molecular weight excluding hydrogens is 261 g/mol. The normalized spacial score (nSPS) is 10.2. The van der Waals surface area contributed by atoms with Crippen LogP contribution in [-0.4, -0.2) is 14.2 Å². The lowest BCUT2D eigenvalue weighted by Gasteiger charge is -2.11. The maximum atomic E-state index is 13.7. The number of hydrogen-bond donors (Lipinski definition) is 1. The topological polar surface area (TPSA) is 53.7 Å². The maximum absolute atomic E-state index is 13.7. The van der Waals surface area contributed by atoms with Crippen molar-refractivity contribution in [2.75, 3.05) is 20.0 Å². The minimum atomic E-state index is -0.517. The summed E-state index contributed by atoms with van der Waals surface area (Å²) in [5.41, 5.74) is 6.75. The zero-order valence-corrected chi connectivity index (χ0v) is 11.4. The molecule has 0 atom stereocenters. The summed E-state index contributed by atoms with van der Waals surface area (Å²) in [4.78, 5) is 0. The van der Waals surface area contributed by atoms with Crippen LogP contribution < -0.4 is 19.9 Å². The Balaban J connectivity index is 2.09. The zero-order chi connectivity index (χ0) is 14.5. The monoisotopic (exact) mass is 277 g/mol. The smallest absolute Gasteiger partial charge is 0.167 e.